The predicted molar refractivity (Wildman–Crippen MR) is 72.6 cm³/mol. The highest BCUT2D eigenvalue weighted by Gasteiger charge is 2.35. The minimum atomic E-state index is -0.825. The van der Waals surface area contributed by atoms with Crippen molar-refractivity contribution in [2.75, 3.05) is 13.1 Å². The molecule has 1 rings (SSSR count). The van der Waals surface area contributed by atoms with Gasteiger partial charge in [0.15, 0.2) is 0 Å². The highest BCUT2D eigenvalue weighted by Crippen LogP contribution is 2.25. The molecular formula is C11H23BNO2P. The third kappa shape index (κ3) is 3.85. The van der Waals surface area contributed by atoms with Gasteiger partial charge in [0.2, 0.25) is 0 Å². The second-order valence-corrected chi connectivity index (χ2v) is 6.20. The minimum absolute atomic E-state index is 0.522. The van der Waals surface area contributed by atoms with Gasteiger partial charge in [0, 0.05) is 13.1 Å². The van der Waals surface area contributed by atoms with Crippen molar-refractivity contribution in [3.63, 3.8) is 0 Å². The molecule has 3 nitrogen and oxygen atoms in total. The van der Waals surface area contributed by atoms with Gasteiger partial charge in [-0.05, 0) is 34.1 Å². The molecule has 0 spiro atoms. The summed E-state index contributed by atoms with van der Waals surface area (Å²) in [4.78, 5) is 0. The average Bonchev–Trinajstić information content (AvgIpc) is 2.15. The maximum Gasteiger partial charge on any atom is 0.305 e. The lowest BCUT2D eigenvalue weighted by molar-refractivity contribution is -0.0897. The second kappa shape index (κ2) is 5.18. The van der Waals surface area contributed by atoms with Gasteiger partial charge in [-0.2, -0.15) is 0 Å². The van der Waals surface area contributed by atoms with Crippen molar-refractivity contribution in [3.8, 4) is 0 Å². The number of nitrogens with zero attached hydrogens (tertiary/aromatic N) is 1. The molecule has 0 radical (unpaired) electrons. The molecule has 92 valence electrons. The maximum atomic E-state index is 9.96. The molecule has 0 fully saturated rings. The van der Waals surface area contributed by atoms with Gasteiger partial charge < -0.3 is 9.76 Å². The normalized spacial score (nSPS) is 19.5. The summed E-state index contributed by atoms with van der Waals surface area (Å²) in [5.74, 6) is 0. The van der Waals surface area contributed by atoms with E-state index in [0.717, 1.165) is 19.5 Å². The first-order chi connectivity index (χ1) is 7.22. The van der Waals surface area contributed by atoms with E-state index < -0.39 is 11.2 Å². The molecule has 0 aromatic carbocycles. The van der Waals surface area contributed by atoms with Crippen LogP contribution in [0.4, 0.5) is 0 Å². The van der Waals surface area contributed by atoms with E-state index in [1.54, 1.807) is 13.8 Å². The number of aliphatic hydroxyl groups is 1. The van der Waals surface area contributed by atoms with Crippen LogP contribution < -0.4 is 0 Å². The van der Waals surface area contributed by atoms with E-state index in [9.17, 15) is 5.11 Å². The van der Waals surface area contributed by atoms with Crippen LogP contribution in [0, 0.1) is 0 Å². The third-order valence-corrected chi connectivity index (χ3v) is 3.90. The second-order valence-electron chi connectivity index (χ2n) is 5.47. The Bertz CT molecular complexity index is 274. The first-order valence-electron chi connectivity index (χ1n) is 5.76. The molecule has 1 atom stereocenters. The van der Waals surface area contributed by atoms with Crippen molar-refractivity contribution < 1.29 is 9.76 Å². The molecule has 0 aliphatic carbocycles. The summed E-state index contributed by atoms with van der Waals surface area (Å²) >= 11 is 0. The average molecular weight is 243 g/mol. The quantitative estimate of drug-likeness (QED) is 0.596. The summed E-state index contributed by atoms with van der Waals surface area (Å²) in [7, 11) is 3.33. The molecule has 0 amide bonds. The van der Waals surface area contributed by atoms with Crippen molar-refractivity contribution in [1.82, 2.24) is 4.67 Å². The first-order valence-corrected chi connectivity index (χ1v) is 6.28. The molecule has 1 N–H and O–H groups in total. The standard InChI is InChI=1S/C11H23BNO2P/c1-10(2,14)11(3,4)15-12-9-5-7-13(16)8-6-9/h5,12,14H,6-8,16H2,1-4H3. The van der Waals surface area contributed by atoms with Gasteiger partial charge >= 0.3 is 7.48 Å². The molecule has 1 heterocycles. The smallest absolute Gasteiger partial charge is 0.305 e. The predicted octanol–water partition coefficient (Wildman–Crippen LogP) is 1.28. The lowest BCUT2D eigenvalue weighted by Gasteiger charge is -2.38. The van der Waals surface area contributed by atoms with E-state index in [1.807, 2.05) is 13.8 Å². The summed E-state index contributed by atoms with van der Waals surface area (Å²) in [6.45, 7) is 9.45. The van der Waals surface area contributed by atoms with Crippen LogP contribution in [0.3, 0.4) is 0 Å². The Kier molecular flexibility index (Phi) is 4.59. The number of rotatable bonds is 4. The fourth-order valence-corrected chi connectivity index (χ4v) is 1.54. The van der Waals surface area contributed by atoms with Crippen molar-refractivity contribution >= 4 is 16.9 Å². The van der Waals surface area contributed by atoms with Gasteiger partial charge in [0.25, 0.3) is 0 Å². The molecule has 1 aliphatic rings. The lowest BCUT2D eigenvalue weighted by Crippen LogP contribution is -2.48. The molecule has 1 aliphatic heterocycles. The maximum absolute atomic E-state index is 9.96. The van der Waals surface area contributed by atoms with Crippen LogP contribution in [0.15, 0.2) is 11.5 Å². The Balaban J connectivity index is 2.46. The first kappa shape index (κ1) is 14.2. The van der Waals surface area contributed by atoms with Crippen LogP contribution >= 0.6 is 9.39 Å². The van der Waals surface area contributed by atoms with E-state index in [2.05, 4.69) is 20.1 Å². The lowest BCUT2D eigenvalue weighted by atomic mass is 9.80. The van der Waals surface area contributed by atoms with E-state index in [0.29, 0.717) is 7.48 Å². The number of hydrogen-bond donors (Lipinski definition) is 1. The SMILES string of the molecule is CC(C)(O)C(C)(C)OBC1=CCN(P)CC1. The van der Waals surface area contributed by atoms with Crippen LogP contribution in [0.5, 0.6) is 0 Å². The Morgan fingerprint density at radius 1 is 1.44 bits per heavy atom. The number of hydrogen-bond acceptors (Lipinski definition) is 3. The van der Waals surface area contributed by atoms with Crippen molar-refractivity contribution in [3.05, 3.63) is 11.5 Å². The minimum Gasteiger partial charge on any atom is -0.427 e. The van der Waals surface area contributed by atoms with Crippen molar-refractivity contribution in [2.24, 2.45) is 0 Å². The van der Waals surface area contributed by atoms with E-state index in [1.165, 1.54) is 5.47 Å². The van der Waals surface area contributed by atoms with Crippen LogP contribution in [-0.4, -0.2) is 41.6 Å². The fraction of sp³-hybridized carbons (Fsp3) is 0.818. The molecule has 5 heteroatoms. The monoisotopic (exact) mass is 243 g/mol. The van der Waals surface area contributed by atoms with Gasteiger partial charge in [-0.1, -0.05) is 20.9 Å². The zero-order valence-corrected chi connectivity index (χ0v) is 11.9. The van der Waals surface area contributed by atoms with E-state index in [4.69, 9.17) is 4.65 Å². The van der Waals surface area contributed by atoms with Crippen LogP contribution in [0.2, 0.25) is 0 Å². The molecule has 16 heavy (non-hydrogen) atoms. The Hall–Kier alpha value is 0.115. The molecule has 0 aromatic heterocycles. The molecule has 0 saturated heterocycles. The molecule has 0 aromatic rings. The summed E-state index contributed by atoms with van der Waals surface area (Å²) in [6, 6.07) is 0. The Morgan fingerprint density at radius 3 is 2.50 bits per heavy atom. The van der Waals surface area contributed by atoms with E-state index >= 15 is 0 Å². The van der Waals surface area contributed by atoms with Crippen LogP contribution in [0.25, 0.3) is 0 Å². The van der Waals surface area contributed by atoms with E-state index in [-0.39, 0.29) is 0 Å². The van der Waals surface area contributed by atoms with Gasteiger partial charge in [-0.25, -0.2) is 0 Å². The largest absolute Gasteiger partial charge is 0.427 e. The summed E-state index contributed by atoms with van der Waals surface area (Å²) in [5, 5.41) is 9.96. The van der Waals surface area contributed by atoms with Crippen LogP contribution in [-0.2, 0) is 4.65 Å². The zero-order valence-electron chi connectivity index (χ0n) is 10.8. The summed E-state index contributed by atoms with van der Waals surface area (Å²) in [5.41, 5.74) is -0.0168. The van der Waals surface area contributed by atoms with Gasteiger partial charge in [0.1, 0.15) is 0 Å². The highest BCUT2D eigenvalue weighted by molar-refractivity contribution is 7.13. The third-order valence-electron chi connectivity index (χ3n) is 3.43. The zero-order chi connectivity index (χ0) is 12.4. The summed E-state index contributed by atoms with van der Waals surface area (Å²) in [6.07, 6.45) is 3.25. The van der Waals surface area contributed by atoms with Gasteiger partial charge in [-0.15, -0.1) is 0 Å². The Morgan fingerprint density at radius 2 is 2.06 bits per heavy atom. The Labute approximate surface area is 102 Å². The summed E-state index contributed by atoms with van der Waals surface area (Å²) < 4.78 is 8.02. The highest BCUT2D eigenvalue weighted by atomic mass is 31.0. The topological polar surface area (TPSA) is 32.7 Å². The van der Waals surface area contributed by atoms with Crippen LogP contribution in [0.1, 0.15) is 34.1 Å². The van der Waals surface area contributed by atoms with Gasteiger partial charge in [0.05, 0.1) is 11.2 Å². The molecule has 0 saturated carbocycles. The molecular weight excluding hydrogens is 220 g/mol. The fourth-order valence-electron chi connectivity index (χ4n) is 1.31. The van der Waals surface area contributed by atoms with Crippen molar-refractivity contribution in [1.29, 1.82) is 0 Å². The van der Waals surface area contributed by atoms with Crippen molar-refractivity contribution in [2.45, 2.75) is 45.3 Å². The molecule has 0 bridgehead atoms. The molecule has 1 unspecified atom stereocenters. The van der Waals surface area contributed by atoms with Gasteiger partial charge in [-0.3, -0.25) is 4.67 Å².